The summed E-state index contributed by atoms with van der Waals surface area (Å²) < 4.78 is 91.3. The molecule has 0 radical (unpaired) electrons. The monoisotopic (exact) mass is 402 g/mol. The van der Waals surface area contributed by atoms with Crippen LogP contribution in [0.5, 0.6) is 0 Å². The van der Waals surface area contributed by atoms with Gasteiger partial charge in [-0.15, -0.1) is 0 Å². The molecule has 2 rings (SSSR count). The normalized spacial score (nSPS) is 26.7. The van der Waals surface area contributed by atoms with Gasteiger partial charge in [-0.05, 0) is 12.1 Å². The molecule has 0 aliphatic carbocycles. The van der Waals surface area contributed by atoms with Gasteiger partial charge >= 0.3 is 21.6 Å². The van der Waals surface area contributed by atoms with Crippen molar-refractivity contribution >= 4 is 16.1 Å². The lowest BCUT2D eigenvalue weighted by molar-refractivity contribution is -0.154. The maximum atomic E-state index is 14.4. The van der Waals surface area contributed by atoms with Crippen molar-refractivity contribution in [2.45, 2.75) is 30.2 Å². The van der Waals surface area contributed by atoms with E-state index in [9.17, 15) is 30.8 Å². The van der Waals surface area contributed by atoms with Gasteiger partial charge in [-0.1, -0.05) is 18.2 Å². The zero-order valence-electron chi connectivity index (χ0n) is 13.2. The Morgan fingerprint density at radius 2 is 1.85 bits per heavy atom. The maximum Gasteiger partial charge on any atom is 0.523 e. The summed E-state index contributed by atoms with van der Waals surface area (Å²) >= 11 is 0. The summed E-state index contributed by atoms with van der Waals surface area (Å²) in [5.74, 6) is -0.909. The van der Waals surface area contributed by atoms with Crippen molar-refractivity contribution in [3.05, 3.63) is 35.9 Å². The van der Waals surface area contributed by atoms with E-state index in [-0.39, 0.29) is 5.56 Å². The molecule has 0 amide bonds. The van der Waals surface area contributed by atoms with Crippen molar-refractivity contribution in [3.8, 4) is 0 Å². The van der Waals surface area contributed by atoms with Crippen LogP contribution in [-0.2, 0) is 28.5 Å². The average Bonchev–Trinajstić information content (AvgIpc) is 2.88. The molecule has 1 heterocycles. The van der Waals surface area contributed by atoms with Gasteiger partial charge < -0.3 is 14.2 Å². The Kier molecular flexibility index (Phi) is 6.21. The third-order valence-electron chi connectivity index (χ3n) is 3.40. The molecule has 26 heavy (non-hydrogen) atoms. The molecule has 1 saturated heterocycles. The van der Waals surface area contributed by atoms with E-state index in [4.69, 9.17) is 14.2 Å². The van der Waals surface area contributed by atoms with Gasteiger partial charge in [0.1, 0.15) is 6.10 Å². The van der Waals surface area contributed by atoms with E-state index in [2.05, 4.69) is 4.18 Å². The molecule has 0 spiro atoms. The second-order valence-electron chi connectivity index (χ2n) is 5.14. The summed E-state index contributed by atoms with van der Waals surface area (Å²) in [7, 11) is -4.82. The molecular weight excluding hydrogens is 388 g/mol. The minimum absolute atomic E-state index is 0.105. The number of carbonyl (C=O) groups is 1. The predicted octanol–water partition coefficient (Wildman–Crippen LogP) is 1.79. The smallest absolute Gasteiger partial charge is 0.450 e. The van der Waals surface area contributed by atoms with Gasteiger partial charge in [0.15, 0.2) is 18.6 Å². The number of hydrogen-bond donors (Lipinski definition) is 0. The van der Waals surface area contributed by atoms with Gasteiger partial charge in [0.05, 0.1) is 12.2 Å². The number of benzene rings is 1. The summed E-state index contributed by atoms with van der Waals surface area (Å²) in [6.07, 6.45) is -6.98. The van der Waals surface area contributed by atoms with Crippen LogP contribution in [0.2, 0.25) is 0 Å². The topological polar surface area (TPSA) is 88.1 Å². The van der Waals surface area contributed by atoms with Gasteiger partial charge in [0.2, 0.25) is 0 Å². The molecule has 0 N–H and O–H groups in total. The lowest BCUT2D eigenvalue weighted by atomic mass is 10.1. The number of alkyl halides is 4. The first-order valence-corrected chi connectivity index (χ1v) is 8.51. The summed E-state index contributed by atoms with van der Waals surface area (Å²) in [6, 6.07) is 7.54. The molecule has 146 valence electrons. The SMILES string of the molecule is COC1O[C@H](COS(=O)(=O)C(F)(F)F)C(F)C1OC(=O)c1ccccc1. The molecule has 0 saturated carbocycles. The fraction of sp³-hybridized carbons (Fsp3) is 0.500. The highest BCUT2D eigenvalue weighted by Crippen LogP contribution is 2.30. The highest BCUT2D eigenvalue weighted by atomic mass is 32.2. The minimum Gasteiger partial charge on any atom is -0.450 e. The van der Waals surface area contributed by atoms with Gasteiger partial charge in [0.25, 0.3) is 0 Å². The Bertz CT molecular complexity index is 723. The van der Waals surface area contributed by atoms with Crippen LogP contribution in [0.4, 0.5) is 17.6 Å². The number of hydrogen-bond acceptors (Lipinski definition) is 7. The molecule has 1 fully saturated rings. The molecule has 0 aromatic heterocycles. The van der Waals surface area contributed by atoms with Crippen LogP contribution in [0.15, 0.2) is 30.3 Å². The number of halogens is 4. The summed E-state index contributed by atoms with van der Waals surface area (Å²) in [5, 5.41) is 0. The zero-order chi connectivity index (χ0) is 19.5. The average molecular weight is 402 g/mol. The summed E-state index contributed by atoms with van der Waals surface area (Å²) in [5.41, 5.74) is -5.55. The van der Waals surface area contributed by atoms with Crippen LogP contribution in [-0.4, -0.2) is 58.3 Å². The van der Waals surface area contributed by atoms with E-state index in [1.807, 2.05) is 0 Å². The van der Waals surface area contributed by atoms with Gasteiger partial charge in [0, 0.05) is 7.11 Å². The predicted molar refractivity (Wildman–Crippen MR) is 77.1 cm³/mol. The highest BCUT2D eigenvalue weighted by Gasteiger charge is 2.52. The fourth-order valence-corrected chi connectivity index (χ4v) is 2.56. The van der Waals surface area contributed by atoms with Crippen molar-refractivity contribution in [3.63, 3.8) is 0 Å². The molecule has 0 bridgehead atoms. The van der Waals surface area contributed by atoms with Gasteiger partial charge in [-0.25, -0.2) is 9.18 Å². The molecule has 12 heteroatoms. The van der Waals surface area contributed by atoms with Gasteiger partial charge in [-0.2, -0.15) is 21.6 Å². The van der Waals surface area contributed by atoms with E-state index >= 15 is 0 Å². The summed E-state index contributed by atoms with van der Waals surface area (Å²) in [6.45, 7) is -1.26. The third-order valence-corrected chi connectivity index (χ3v) is 4.42. The van der Waals surface area contributed by atoms with Crippen LogP contribution in [0.25, 0.3) is 0 Å². The second-order valence-corrected chi connectivity index (χ2v) is 6.75. The van der Waals surface area contributed by atoms with Crippen LogP contribution < -0.4 is 0 Å². The van der Waals surface area contributed by atoms with E-state index < -0.39 is 52.9 Å². The van der Waals surface area contributed by atoms with Crippen LogP contribution >= 0.6 is 0 Å². The first kappa shape index (κ1) is 20.6. The van der Waals surface area contributed by atoms with Crippen molar-refractivity contribution in [2.75, 3.05) is 13.7 Å². The Hall–Kier alpha value is -1.76. The largest absolute Gasteiger partial charge is 0.523 e. The molecule has 1 aromatic carbocycles. The Morgan fingerprint density at radius 1 is 1.23 bits per heavy atom. The second kappa shape index (κ2) is 7.86. The number of rotatable bonds is 6. The summed E-state index contributed by atoms with van der Waals surface area (Å²) in [4.78, 5) is 12.0. The quantitative estimate of drug-likeness (QED) is 0.310. The van der Waals surface area contributed by atoms with Crippen molar-refractivity contribution < 1.29 is 49.2 Å². The molecule has 3 unspecified atom stereocenters. The maximum absolute atomic E-state index is 14.4. The zero-order valence-corrected chi connectivity index (χ0v) is 14.0. The lowest BCUT2D eigenvalue weighted by Crippen LogP contribution is -2.37. The van der Waals surface area contributed by atoms with Crippen LogP contribution in [0.1, 0.15) is 10.4 Å². The van der Waals surface area contributed by atoms with E-state index in [1.54, 1.807) is 18.2 Å². The molecule has 4 atom stereocenters. The number of methoxy groups -OCH3 is 1. The molecular formula is C14H14F4O7S. The Balaban J connectivity index is 2.04. The molecule has 1 aliphatic heterocycles. The van der Waals surface area contributed by atoms with Crippen LogP contribution in [0.3, 0.4) is 0 Å². The van der Waals surface area contributed by atoms with E-state index in [1.165, 1.54) is 12.1 Å². The van der Waals surface area contributed by atoms with Crippen LogP contribution in [0, 0.1) is 0 Å². The van der Waals surface area contributed by atoms with Crippen molar-refractivity contribution in [1.29, 1.82) is 0 Å². The number of ether oxygens (including phenoxy) is 3. The Morgan fingerprint density at radius 3 is 2.38 bits per heavy atom. The first-order valence-electron chi connectivity index (χ1n) is 7.11. The van der Waals surface area contributed by atoms with Crippen molar-refractivity contribution in [2.24, 2.45) is 0 Å². The number of esters is 1. The third kappa shape index (κ3) is 4.50. The molecule has 7 nitrogen and oxygen atoms in total. The minimum atomic E-state index is -5.91. The molecule has 1 aliphatic rings. The first-order chi connectivity index (χ1) is 12.1. The van der Waals surface area contributed by atoms with E-state index in [0.29, 0.717) is 0 Å². The van der Waals surface area contributed by atoms with Crippen molar-refractivity contribution in [1.82, 2.24) is 0 Å². The molecule has 1 aromatic rings. The lowest BCUT2D eigenvalue weighted by Gasteiger charge is -2.18. The Labute approximate surface area is 145 Å². The number of carbonyl (C=O) groups excluding carboxylic acids is 1. The van der Waals surface area contributed by atoms with Gasteiger partial charge in [-0.3, -0.25) is 4.18 Å². The van der Waals surface area contributed by atoms with E-state index in [0.717, 1.165) is 7.11 Å². The standard InChI is InChI=1S/C14H14F4O7S/c1-22-13-11(25-12(19)8-5-3-2-4-6-8)10(15)9(24-13)7-23-26(20,21)14(16,17)18/h2-6,9-11,13H,7H2,1H3/t9-,10?,11?,13?/m1/s1. The highest BCUT2D eigenvalue weighted by molar-refractivity contribution is 7.87. The fourth-order valence-electron chi connectivity index (χ4n) is 2.12.